The van der Waals surface area contributed by atoms with Gasteiger partial charge in [-0.2, -0.15) is 0 Å². The highest BCUT2D eigenvalue weighted by atomic mass is 32.1. The first kappa shape index (κ1) is 8.52. The van der Waals surface area contributed by atoms with E-state index in [0.717, 1.165) is 10.6 Å². The summed E-state index contributed by atoms with van der Waals surface area (Å²) in [5.74, 6) is 1.36. The summed E-state index contributed by atoms with van der Waals surface area (Å²) in [4.78, 5) is 5.10. The molecule has 70 valence electrons. The predicted molar refractivity (Wildman–Crippen MR) is 53.4 cm³/mol. The van der Waals surface area contributed by atoms with Gasteiger partial charge < -0.3 is 16.2 Å². The largest absolute Gasteiger partial charge is 0.486 e. The van der Waals surface area contributed by atoms with Crippen molar-refractivity contribution in [3.63, 3.8) is 0 Å². The van der Waals surface area contributed by atoms with Crippen LogP contribution in [0.3, 0.4) is 0 Å². The Morgan fingerprint density at radius 2 is 2.54 bits per heavy atom. The van der Waals surface area contributed by atoms with Crippen LogP contribution in [0.5, 0.6) is 5.75 Å². The van der Waals surface area contributed by atoms with Crippen LogP contribution in [0.1, 0.15) is 4.88 Å². The van der Waals surface area contributed by atoms with Crippen LogP contribution in [0.15, 0.2) is 16.4 Å². The molecule has 0 saturated carbocycles. The Bertz CT molecular complexity index is 334. The lowest BCUT2D eigenvalue weighted by Gasteiger charge is -2.11. The van der Waals surface area contributed by atoms with E-state index in [1.807, 2.05) is 11.4 Å². The molecule has 1 aromatic heterocycles. The van der Waals surface area contributed by atoms with Crippen molar-refractivity contribution < 1.29 is 4.74 Å². The molecule has 4 nitrogen and oxygen atoms in total. The minimum atomic E-state index is -0.0469. The average molecular weight is 197 g/mol. The van der Waals surface area contributed by atoms with Crippen molar-refractivity contribution >= 4 is 17.2 Å². The van der Waals surface area contributed by atoms with Crippen LogP contribution in [0.25, 0.3) is 0 Å². The van der Waals surface area contributed by atoms with Crippen molar-refractivity contribution in [3.05, 3.63) is 16.3 Å². The summed E-state index contributed by atoms with van der Waals surface area (Å²) in [6, 6.07) is 1.90. The van der Waals surface area contributed by atoms with Crippen molar-refractivity contribution in [3.8, 4) is 5.75 Å². The van der Waals surface area contributed by atoms with Crippen molar-refractivity contribution in [2.24, 2.45) is 16.5 Å². The number of thiophene rings is 1. The summed E-state index contributed by atoms with van der Waals surface area (Å²) in [6.07, 6.45) is -0.0469. The molecule has 4 N–H and O–H groups in total. The maximum absolute atomic E-state index is 5.75. The summed E-state index contributed by atoms with van der Waals surface area (Å²) in [5.41, 5.74) is 11.3. The predicted octanol–water partition coefficient (Wildman–Crippen LogP) is 0.173. The van der Waals surface area contributed by atoms with E-state index in [9.17, 15) is 0 Å². The van der Waals surface area contributed by atoms with Crippen LogP contribution in [0.4, 0.5) is 0 Å². The quantitative estimate of drug-likeness (QED) is 0.674. The van der Waals surface area contributed by atoms with Crippen molar-refractivity contribution in [2.75, 3.05) is 13.1 Å². The average Bonchev–Trinajstić information content (AvgIpc) is 2.54. The molecule has 1 unspecified atom stereocenters. The maximum Gasteiger partial charge on any atom is 0.141 e. The fourth-order valence-electron chi connectivity index (χ4n) is 1.19. The number of nitrogens with zero attached hydrogens (tertiary/aromatic N) is 1. The van der Waals surface area contributed by atoms with E-state index in [1.54, 1.807) is 0 Å². The zero-order chi connectivity index (χ0) is 9.26. The third-order valence-electron chi connectivity index (χ3n) is 1.88. The van der Waals surface area contributed by atoms with E-state index in [1.165, 1.54) is 11.3 Å². The van der Waals surface area contributed by atoms with Crippen LogP contribution < -0.4 is 16.2 Å². The third kappa shape index (κ3) is 1.52. The molecule has 1 aromatic rings. The lowest BCUT2D eigenvalue weighted by atomic mass is 10.3. The SMILES string of the molecule is NCC1CN=C(N)c2sccc2O1. The molecule has 1 aliphatic heterocycles. The highest BCUT2D eigenvalue weighted by molar-refractivity contribution is 7.12. The summed E-state index contributed by atoms with van der Waals surface area (Å²) < 4.78 is 5.61. The Labute approximate surface area is 80.2 Å². The van der Waals surface area contributed by atoms with Crippen LogP contribution in [0.2, 0.25) is 0 Å². The smallest absolute Gasteiger partial charge is 0.141 e. The molecule has 1 aliphatic rings. The van der Waals surface area contributed by atoms with Crippen LogP contribution >= 0.6 is 11.3 Å². The Morgan fingerprint density at radius 3 is 3.31 bits per heavy atom. The van der Waals surface area contributed by atoms with Gasteiger partial charge >= 0.3 is 0 Å². The number of fused-ring (bicyclic) bond motifs is 1. The lowest BCUT2D eigenvalue weighted by Crippen LogP contribution is -2.29. The molecular weight excluding hydrogens is 186 g/mol. The Morgan fingerprint density at radius 1 is 1.69 bits per heavy atom. The Kier molecular flexibility index (Phi) is 2.20. The van der Waals surface area contributed by atoms with E-state index < -0.39 is 0 Å². The van der Waals surface area contributed by atoms with Gasteiger partial charge in [-0.05, 0) is 11.4 Å². The number of amidine groups is 1. The van der Waals surface area contributed by atoms with Gasteiger partial charge in [-0.3, -0.25) is 4.99 Å². The van der Waals surface area contributed by atoms with Gasteiger partial charge in [-0.1, -0.05) is 0 Å². The van der Waals surface area contributed by atoms with Gasteiger partial charge in [0, 0.05) is 6.54 Å². The van der Waals surface area contributed by atoms with Gasteiger partial charge in [0.2, 0.25) is 0 Å². The molecule has 0 aromatic carbocycles. The third-order valence-corrected chi connectivity index (χ3v) is 2.80. The normalized spacial score (nSPS) is 21.3. The first-order valence-electron chi connectivity index (χ1n) is 4.05. The second-order valence-electron chi connectivity index (χ2n) is 2.82. The molecular formula is C8H11N3OS. The first-order valence-corrected chi connectivity index (χ1v) is 4.93. The first-order chi connectivity index (χ1) is 6.31. The maximum atomic E-state index is 5.75. The zero-order valence-corrected chi connectivity index (χ0v) is 7.88. The van der Waals surface area contributed by atoms with E-state index in [-0.39, 0.29) is 6.10 Å². The topological polar surface area (TPSA) is 73.6 Å². The van der Waals surface area contributed by atoms with Gasteiger partial charge in [0.05, 0.1) is 6.54 Å². The molecule has 2 rings (SSSR count). The molecule has 0 amide bonds. The number of ether oxygens (including phenoxy) is 1. The molecule has 13 heavy (non-hydrogen) atoms. The fraction of sp³-hybridized carbons (Fsp3) is 0.375. The highest BCUT2D eigenvalue weighted by Crippen LogP contribution is 2.27. The summed E-state index contributed by atoms with van der Waals surface area (Å²) in [7, 11) is 0. The van der Waals surface area contributed by atoms with E-state index in [0.29, 0.717) is 18.9 Å². The van der Waals surface area contributed by atoms with E-state index >= 15 is 0 Å². The highest BCUT2D eigenvalue weighted by Gasteiger charge is 2.18. The number of nitrogens with two attached hydrogens (primary N) is 2. The zero-order valence-electron chi connectivity index (χ0n) is 7.06. The Balaban J connectivity index is 2.35. The number of hydrogen-bond acceptors (Lipinski definition) is 5. The van der Waals surface area contributed by atoms with Gasteiger partial charge in [0.15, 0.2) is 0 Å². The molecule has 0 radical (unpaired) electrons. The van der Waals surface area contributed by atoms with Crippen LogP contribution in [-0.4, -0.2) is 25.0 Å². The molecule has 1 atom stereocenters. The second-order valence-corrected chi connectivity index (χ2v) is 3.73. The molecule has 0 aliphatic carbocycles. The fourth-order valence-corrected chi connectivity index (χ4v) is 1.93. The summed E-state index contributed by atoms with van der Waals surface area (Å²) in [6.45, 7) is 1.01. The van der Waals surface area contributed by atoms with E-state index in [2.05, 4.69) is 4.99 Å². The van der Waals surface area contributed by atoms with Crippen molar-refractivity contribution in [1.82, 2.24) is 0 Å². The molecule has 2 heterocycles. The monoisotopic (exact) mass is 197 g/mol. The molecule has 0 saturated heterocycles. The standard InChI is InChI=1S/C8H11N3OS/c9-3-5-4-11-8(10)7-6(12-5)1-2-13-7/h1-2,5H,3-4,9H2,(H2,10,11). The summed E-state index contributed by atoms with van der Waals surface area (Å²) >= 11 is 1.54. The van der Waals surface area contributed by atoms with Gasteiger partial charge in [-0.25, -0.2) is 0 Å². The van der Waals surface area contributed by atoms with Gasteiger partial charge in [0.25, 0.3) is 0 Å². The molecule has 5 heteroatoms. The van der Waals surface area contributed by atoms with Crippen molar-refractivity contribution in [2.45, 2.75) is 6.10 Å². The Hall–Kier alpha value is -1.07. The minimum absolute atomic E-state index is 0.0469. The molecule has 0 spiro atoms. The number of hydrogen-bond donors (Lipinski definition) is 2. The van der Waals surface area contributed by atoms with E-state index in [4.69, 9.17) is 16.2 Å². The van der Waals surface area contributed by atoms with Gasteiger partial charge in [-0.15, -0.1) is 11.3 Å². The molecule has 0 fully saturated rings. The molecule has 0 bridgehead atoms. The second kappa shape index (κ2) is 3.35. The lowest BCUT2D eigenvalue weighted by molar-refractivity contribution is 0.221. The van der Waals surface area contributed by atoms with Crippen molar-refractivity contribution in [1.29, 1.82) is 0 Å². The van der Waals surface area contributed by atoms with Crippen LogP contribution in [-0.2, 0) is 0 Å². The summed E-state index contributed by atoms with van der Waals surface area (Å²) in [5, 5.41) is 1.94. The number of aliphatic imine (C=N–C) groups is 1. The van der Waals surface area contributed by atoms with Gasteiger partial charge in [0.1, 0.15) is 22.6 Å². The van der Waals surface area contributed by atoms with Crippen LogP contribution in [0, 0.1) is 0 Å². The minimum Gasteiger partial charge on any atom is -0.486 e. The number of rotatable bonds is 1.